The maximum Gasteiger partial charge on any atom is 0.255 e. The summed E-state index contributed by atoms with van der Waals surface area (Å²) in [5.41, 5.74) is 4.85. The van der Waals surface area contributed by atoms with Crippen molar-refractivity contribution in [1.82, 2.24) is 14.3 Å². The van der Waals surface area contributed by atoms with Gasteiger partial charge in [0.05, 0.1) is 22.8 Å². The van der Waals surface area contributed by atoms with E-state index in [4.69, 9.17) is 0 Å². The van der Waals surface area contributed by atoms with Gasteiger partial charge < -0.3 is 5.32 Å². The number of hydrogen-bond donors (Lipinski definition) is 1. The quantitative estimate of drug-likeness (QED) is 0.498. The van der Waals surface area contributed by atoms with Crippen molar-refractivity contribution < 1.29 is 4.79 Å². The standard InChI is InChI=1S/C24H21N5O2/c1-16-8-9-19(15-22(16)27-17(2)30)29-23(6-4-7-24(29)31)20-14-18(10-11-21(20)25-3)28-13-5-12-26-28/h4-15H,3H2,1-2H3,(H,27,30). The van der Waals surface area contributed by atoms with Crippen LogP contribution in [0.4, 0.5) is 11.4 Å². The van der Waals surface area contributed by atoms with Gasteiger partial charge in [-0.05, 0) is 61.7 Å². The first-order valence-corrected chi connectivity index (χ1v) is 9.70. The Hall–Kier alpha value is -4.26. The molecular formula is C24H21N5O2. The number of nitrogens with one attached hydrogen (secondary N) is 1. The number of rotatable bonds is 5. The molecule has 1 N–H and O–H groups in total. The molecule has 0 radical (unpaired) electrons. The molecule has 2 aromatic heterocycles. The van der Waals surface area contributed by atoms with Gasteiger partial charge in [-0.25, -0.2) is 4.68 Å². The van der Waals surface area contributed by atoms with Gasteiger partial charge in [-0.15, -0.1) is 0 Å². The van der Waals surface area contributed by atoms with Crippen molar-refractivity contribution in [2.45, 2.75) is 13.8 Å². The summed E-state index contributed by atoms with van der Waals surface area (Å²) in [6.07, 6.45) is 3.55. The number of benzene rings is 2. The number of nitrogens with zero attached hydrogens (tertiary/aromatic N) is 4. The van der Waals surface area contributed by atoms with Crippen LogP contribution in [0.1, 0.15) is 12.5 Å². The maximum atomic E-state index is 13.0. The van der Waals surface area contributed by atoms with Gasteiger partial charge in [0.25, 0.3) is 5.56 Å². The Morgan fingerprint density at radius 2 is 1.87 bits per heavy atom. The number of hydrogen-bond acceptors (Lipinski definition) is 4. The van der Waals surface area contributed by atoms with Gasteiger partial charge in [-0.1, -0.05) is 12.1 Å². The van der Waals surface area contributed by atoms with Crippen molar-refractivity contribution in [1.29, 1.82) is 0 Å². The molecule has 0 unspecified atom stereocenters. The molecule has 0 aliphatic rings. The Balaban J connectivity index is 1.95. The first kappa shape index (κ1) is 20.0. The van der Waals surface area contributed by atoms with E-state index in [2.05, 4.69) is 22.1 Å². The monoisotopic (exact) mass is 411 g/mol. The minimum atomic E-state index is -0.199. The molecule has 7 heteroatoms. The van der Waals surface area contributed by atoms with Crippen LogP contribution >= 0.6 is 0 Å². The predicted octanol–water partition coefficient (Wildman–Crippen LogP) is 4.29. The largest absolute Gasteiger partial charge is 0.326 e. The Labute approximate surface area is 179 Å². The first-order chi connectivity index (χ1) is 15.0. The fourth-order valence-electron chi connectivity index (χ4n) is 3.47. The summed E-state index contributed by atoms with van der Waals surface area (Å²) >= 11 is 0. The van der Waals surface area contributed by atoms with E-state index >= 15 is 0 Å². The molecule has 2 aromatic carbocycles. The summed E-state index contributed by atoms with van der Waals surface area (Å²) in [7, 11) is 0. The summed E-state index contributed by atoms with van der Waals surface area (Å²) in [6, 6.07) is 18.1. The molecule has 0 spiro atoms. The number of aromatic nitrogens is 3. The van der Waals surface area contributed by atoms with Crippen LogP contribution in [0, 0.1) is 6.92 Å². The third-order valence-corrected chi connectivity index (χ3v) is 4.94. The van der Waals surface area contributed by atoms with E-state index < -0.39 is 0 Å². The summed E-state index contributed by atoms with van der Waals surface area (Å²) in [5.74, 6) is -0.175. The van der Waals surface area contributed by atoms with Gasteiger partial charge in [0.15, 0.2) is 0 Å². The van der Waals surface area contributed by atoms with Gasteiger partial charge in [-0.3, -0.25) is 19.1 Å². The topological polar surface area (TPSA) is 81.3 Å². The van der Waals surface area contributed by atoms with Crippen molar-refractivity contribution in [2.24, 2.45) is 4.99 Å². The van der Waals surface area contributed by atoms with Crippen LogP contribution < -0.4 is 10.9 Å². The van der Waals surface area contributed by atoms with Crippen LogP contribution in [0.2, 0.25) is 0 Å². The van der Waals surface area contributed by atoms with Crippen molar-refractivity contribution in [3.05, 3.63) is 89.0 Å². The molecule has 0 saturated heterocycles. The SMILES string of the molecule is C=Nc1ccc(-n2cccn2)cc1-c1cccc(=O)n1-c1ccc(C)c(NC(C)=O)c1. The molecule has 0 fully saturated rings. The number of carbonyl (C=O) groups excluding carboxylic acids is 1. The minimum Gasteiger partial charge on any atom is -0.326 e. The summed E-state index contributed by atoms with van der Waals surface area (Å²) in [4.78, 5) is 28.7. The van der Waals surface area contributed by atoms with Crippen LogP contribution in [0.15, 0.2) is 82.8 Å². The lowest BCUT2D eigenvalue weighted by molar-refractivity contribution is -0.114. The number of aliphatic imine (C=N–C) groups is 1. The third-order valence-electron chi connectivity index (χ3n) is 4.94. The Morgan fingerprint density at radius 1 is 1.06 bits per heavy atom. The van der Waals surface area contributed by atoms with E-state index in [1.165, 1.54) is 13.0 Å². The Bertz CT molecular complexity index is 1340. The smallest absolute Gasteiger partial charge is 0.255 e. The molecule has 0 aliphatic carbocycles. The summed E-state index contributed by atoms with van der Waals surface area (Å²) in [6.45, 7) is 7.04. The lowest BCUT2D eigenvalue weighted by Crippen LogP contribution is -2.19. The van der Waals surface area contributed by atoms with E-state index in [-0.39, 0.29) is 11.5 Å². The molecule has 154 valence electrons. The zero-order valence-corrected chi connectivity index (χ0v) is 17.2. The van der Waals surface area contributed by atoms with Gasteiger partial charge in [0.2, 0.25) is 5.91 Å². The van der Waals surface area contributed by atoms with Gasteiger partial charge >= 0.3 is 0 Å². The highest BCUT2D eigenvalue weighted by Crippen LogP contribution is 2.33. The normalized spacial score (nSPS) is 10.6. The van der Waals surface area contributed by atoms with E-state index in [9.17, 15) is 9.59 Å². The molecule has 0 saturated carbocycles. The maximum absolute atomic E-state index is 13.0. The zero-order chi connectivity index (χ0) is 22.0. The fraction of sp³-hybridized carbons (Fsp3) is 0.0833. The predicted molar refractivity (Wildman–Crippen MR) is 123 cm³/mol. The van der Waals surface area contributed by atoms with Crippen molar-refractivity contribution in [3.63, 3.8) is 0 Å². The fourth-order valence-corrected chi connectivity index (χ4v) is 3.47. The molecule has 7 nitrogen and oxygen atoms in total. The van der Waals surface area contributed by atoms with Crippen LogP contribution in [0.25, 0.3) is 22.6 Å². The average molecular weight is 411 g/mol. The van der Waals surface area contributed by atoms with Crippen LogP contribution in [0.3, 0.4) is 0 Å². The van der Waals surface area contributed by atoms with Gasteiger partial charge in [-0.2, -0.15) is 5.10 Å². The minimum absolute atomic E-state index is 0.175. The number of amides is 1. The van der Waals surface area contributed by atoms with Crippen molar-refractivity contribution >= 4 is 24.0 Å². The molecule has 4 aromatic rings. The lowest BCUT2D eigenvalue weighted by atomic mass is 10.1. The number of aryl methyl sites for hydroxylation is 1. The molecule has 0 bridgehead atoms. The highest BCUT2D eigenvalue weighted by molar-refractivity contribution is 5.90. The van der Waals surface area contributed by atoms with Gasteiger partial charge in [0, 0.05) is 36.6 Å². The Morgan fingerprint density at radius 3 is 2.58 bits per heavy atom. The first-order valence-electron chi connectivity index (χ1n) is 9.70. The molecule has 31 heavy (non-hydrogen) atoms. The molecule has 2 heterocycles. The third kappa shape index (κ3) is 3.93. The molecule has 4 rings (SSSR count). The lowest BCUT2D eigenvalue weighted by Gasteiger charge is -2.17. The highest BCUT2D eigenvalue weighted by atomic mass is 16.1. The molecule has 0 atom stereocenters. The van der Waals surface area contributed by atoms with Crippen molar-refractivity contribution in [3.8, 4) is 22.6 Å². The van der Waals surface area contributed by atoms with E-state index in [1.54, 1.807) is 27.6 Å². The number of pyridine rings is 1. The van der Waals surface area contributed by atoms with Crippen molar-refractivity contribution in [2.75, 3.05) is 5.32 Å². The van der Waals surface area contributed by atoms with E-state index in [0.717, 1.165) is 16.8 Å². The second kappa shape index (κ2) is 8.23. The molecular weight excluding hydrogens is 390 g/mol. The van der Waals surface area contributed by atoms with E-state index in [0.29, 0.717) is 22.8 Å². The second-order valence-electron chi connectivity index (χ2n) is 7.08. The van der Waals surface area contributed by atoms with E-state index in [1.807, 2.05) is 55.6 Å². The summed E-state index contributed by atoms with van der Waals surface area (Å²) < 4.78 is 3.34. The van der Waals surface area contributed by atoms with Crippen LogP contribution in [0.5, 0.6) is 0 Å². The average Bonchev–Trinajstić information content (AvgIpc) is 3.29. The Kier molecular flexibility index (Phi) is 5.32. The second-order valence-corrected chi connectivity index (χ2v) is 7.08. The highest BCUT2D eigenvalue weighted by Gasteiger charge is 2.14. The van der Waals surface area contributed by atoms with Crippen LogP contribution in [-0.4, -0.2) is 27.0 Å². The zero-order valence-electron chi connectivity index (χ0n) is 17.2. The van der Waals surface area contributed by atoms with Crippen LogP contribution in [-0.2, 0) is 4.79 Å². The number of carbonyl (C=O) groups is 1. The van der Waals surface area contributed by atoms with Gasteiger partial charge in [0.1, 0.15) is 0 Å². The molecule has 1 amide bonds. The number of anilines is 1. The summed E-state index contributed by atoms with van der Waals surface area (Å²) in [5, 5.41) is 7.10. The molecule has 0 aliphatic heterocycles.